The van der Waals surface area contributed by atoms with Gasteiger partial charge >= 0.3 is 0 Å². The summed E-state index contributed by atoms with van der Waals surface area (Å²) in [5.74, 6) is -1.63. The zero-order valence-corrected chi connectivity index (χ0v) is 11.2. The molecule has 5 heteroatoms. The third-order valence-corrected chi connectivity index (χ3v) is 3.50. The van der Waals surface area contributed by atoms with Gasteiger partial charge in [0.15, 0.2) is 0 Å². The highest BCUT2D eigenvalue weighted by atomic mass is 19.1. The smallest absolute Gasteiger partial charge is 0.256 e. The van der Waals surface area contributed by atoms with Gasteiger partial charge in [-0.1, -0.05) is 0 Å². The van der Waals surface area contributed by atoms with E-state index in [1.807, 2.05) is 0 Å². The average molecular weight is 268 g/mol. The number of benzene rings is 1. The number of hydrogen-bond acceptors (Lipinski definition) is 2. The van der Waals surface area contributed by atoms with Crippen molar-refractivity contribution in [2.75, 3.05) is 27.2 Å². The van der Waals surface area contributed by atoms with E-state index >= 15 is 0 Å². The Labute approximate surface area is 111 Å². The summed E-state index contributed by atoms with van der Waals surface area (Å²) in [6.45, 7) is 1.62. The molecule has 1 saturated heterocycles. The third kappa shape index (κ3) is 2.92. The molecule has 1 N–H and O–H groups in total. The van der Waals surface area contributed by atoms with E-state index in [0.29, 0.717) is 5.56 Å². The quantitative estimate of drug-likeness (QED) is 0.891. The predicted octanol–water partition coefficient (Wildman–Crippen LogP) is 2.13. The van der Waals surface area contributed by atoms with Gasteiger partial charge in [0.25, 0.3) is 5.91 Å². The molecule has 0 saturated carbocycles. The Bertz CT molecular complexity index is 483. The Kier molecular flexibility index (Phi) is 4.14. The van der Waals surface area contributed by atoms with E-state index in [1.54, 1.807) is 0 Å². The van der Waals surface area contributed by atoms with Gasteiger partial charge in [0, 0.05) is 14.1 Å². The van der Waals surface area contributed by atoms with Crippen LogP contribution in [0.1, 0.15) is 34.7 Å². The molecule has 1 aliphatic heterocycles. The first-order valence-electron chi connectivity index (χ1n) is 6.42. The second-order valence-corrected chi connectivity index (χ2v) is 5.08. The van der Waals surface area contributed by atoms with Crippen molar-refractivity contribution >= 4 is 5.91 Å². The fraction of sp³-hybridized carbons (Fsp3) is 0.500. The lowest BCUT2D eigenvalue weighted by molar-refractivity contribution is 0.0822. The molecule has 0 aliphatic carbocycles. The van der Waals surface area contributed by atoms with Gasteiger partial charge in [0.2, 0.25) is 0 Å². The Morgan fingerprint density at radius 2 is 1.84 bits per heavy atom. The standard InChI is InChI=1S/C14H18F2N2O/c1-18(2)14(19)11-8-12(15)10(7-13(11)16)9-3-5-17-6-4-9/h7-9,17H,3-6H2,1-2H3. The largest absolute Gasteiger partial charge is 0.345 e. The molecule has 104 valence electrons. The molecule has 0 bridgehead atoms. The maximum absolute atomic E-state index is 14.1. The second kappa shape index (κ2) is 5.65. The van der Waals surface area contributed by atoms with E-state index in [9.17, 15) is 13.6 Å². The molecule has 0 aromatic heterocycles. The molecule has 1 fully saturated rings. The van der Waals surface area contributed by atoms with Crippen LogP contribution in [-0.2, 0) is 0 Å². The van der Waals surface area contributed by atoms with Crippen LogP contribution in [0.25, 0.3) is 0 Å². The van der Waals surface area contributed by atoms with Crippen LogP contribution in [0.5, 0.6) is 0 Å². The van der Waals surface area contributed by atoms with Crippen LogP contribution in [0.3, 0.4) is 0 Å². The fourth-order valence-corrected chi connectivity index (χ4v) is 2.41. The molecular formula is C14H18F2N2O. The topological polar surface area (TPSA) is 32.3 Å². The van der Waals surface area contributed by atoms with E-state index in [2.05, 4.69) is 5.32 Å². The molecule has 0 radical (unpaired) electrons. The number of carbonyl (C=O) groups excluding carboxylic acids is 1. The lowest BCUT2D eigenvalue weighted by Crippen LogP contribution is -2.27. The van der Waals surface area contributed by atoms with Crippen LogP contribution in [-0.4, -0.2) is 38.0 Å². The number of nitrogens with zero attached hydrogens (tertiary/aromatic N) is 1. The van der Waals surface area contributed by atoms with Crippen LogP contribution in [0.2, 0.25) is 0 Å². The fourth-order valence-electron chi connectivity index (χ4n) is 2.41. The molecule has 2 rings (SSSR count). The van der Waals surface area contributed by atoms with Gasteiger partial charge in [-0.15, -0.1) is 0 Å². The van der Waals surface area contributed by atoms with Gasteiger partial charge in [-0.3, -0.25) is 4.79 Å². The summed E-state index contributed by atoms with van der Waals surface area (Å²) in [6.07, 6.45) is 1.58. The SMILES string of the molecule is CN(C)C(=O)c1cc(F)c(C2CCNCC2)cc1F. The lowest BCUT2D eigenvalue weighted by Gasteiger charge is -2.24. The molecule has 1 aromatic carbocycles. The highest BCUT2D eigenvalue weighted by molar-refractivity contribution is 5.94. The van der Waals surface area contributed by atoms with Gasteiger partial charge < -0.3 is 10.2 Å². The Morgan fingerprint density at radius 3 is 2.42 bits per heavy atom. The number of piperidine rings is 1. The molecule has 1 aromatic rings. The van der Waals surface area contributed by atoms with Crippen molar-refractivity contribution in [3.63, 3.8) is 0 Å². The first-order chi connectivity index (χ1) is 9.00. The number of hydrogen-bond donors (Lipinski definition) is 1. The third-order valence-electron chi connectivity index (χ3n) is 3.50. The summed E-state index contributed by atoms with van der Waals surface area (Å²) < 4.78 is 28.0. The van der Waals surface area contributed by atoms with Crippen molar-refractivity contribution in [3.8, 4) is 0 Å². The van der Waals surface area contributed by atoms with Crippen LogP contribution in [0, 0.1) is 11.6 Å². The number of rotatable bonds is 2. The van der Waals surface area contributed by atoms with Crippen molar-refractivity contribution in [2.45, 2.75) is 18.8 Å². The highest BCUT2D eigenvalue weighted by Crippen LogP contribution is 2.29. The lowest BCUT2D eigenvalue weighted by atomic mass is 9.89. The maximum atomic E-state index is 14.1. The minimum Gasteiger partial charge on any atom is -0.345 e. The first-order valence-corrected chi connectivity index (χ1v) is 6.42. The van der Waals surface area contributed by atoms with Crippen molar-refractivity contribution in [2.24, 2.45) is 0 Å². The number of carbonyl (C=O) groups is 1. The monoisotopic (exact) mass is 268 g/mol. The summed E-state index contributed by atoms with van der Waals surface area (Å²) >= 11 is 0. The van der Waals surface area contributed by atoms with Gasteiger partial charge in [-0.05, 0) is 49.5 Å². The minimum atomic E-state index is -0.645. The molecule has 0 atom stereocenters. The average Bonchev–Trinajstić information content (AvgIpc) is 2.41. The van der Waals surface area contributed by atoms with E-state index in [0.717, 1.165) is 32.0 Å². The summed E-state index contributed by atoms with van der Waals surface area (Å²) in [5.41, 5.74) is 0.175. The molecule has 1 heterocycles. The van der Waals surface area contributed by atoms with Crippen LogP contribution in [0.4, 0.5) is 8.78 Å². The van der Waals surface area contributed by atoms with Crippen molar-refractivity contribution in [1.29, 1.82) is 0 Å². The van der Waals surface area contributed by atoms with Crippen LogP contribution < -0.4 is 5.32 Å². The van der Waals surface area contributed by atoms with Gasteiger partial charge in [0.1, 0.15) is 11.6 Å². The number of nitrogens with one attached hydrogen (secondary N) is 1. The summed E-state index contributed by atoms with van der Waals surface area (Å²) in [4.78, 5) is 13.0. The number of amides is 1. The van der Waals surface area contributed by atoms with Crippen molar-refractivity contribution < 1.29 is 13.6 Å². The normalized spacial score (nSPS) is 16.4. The first kappa shape index (κ1) is 13.9. The zero-order chi connectivity index (χ0) is 14.0. The Balaban J connectivity index is 2.33. The molecule has 0 spiro atoms. The Hall–Kier alpha value is -1.49. The molecular weight excluding hydrogens is 250 g/mol. The van der Waals surface area contributed by atoms with E-state index < -0.39 is 17.5 Å². The molecule has 1 amide bonds. The van der Waals surface area contributed by atoms with Crippen LogP contribution in [0.15, 0.2) is 12.1 Å². The van der Waals surface area contributed by atoms with Gasteiger partial charge in [0.05, 0.1) is 5.56 Å². The summed E-state index contributed by atoms with van der Waals surface area (Å²) in [5, 5.41) is 3.19. The van der Waals surface area contributed by atoms with Crippen LogP contribution >= 0.6 is 0 Å². The second-order valence-electron chi connectivity index (χ2n) is 5.08. The zero-order valence-electron chi connectivity index (χ0n) is 11.2. The van der Waals surface area contributed by atoms with E-state index in [-0.39, 0.29) is 11.5 Å². The maximum Gasteiger partial charge on any atom is 0.256 e. The van der Waals surface area contributed by atoms with Crippen molar-refractivity contribution in [1.82, 2.24) is 10.2 Å². The van der Waals surface area contributed by atoms with E-state index in [4.69, 9.17) is 0 Å². The van der Waals surface area contributed by atoms with Crippen molar-refractivity contribution in [3.05, 3.63) is 34.9 Å². The predicted molar refractivity (Wildman–Crippen MR) is 69.2 cm³/mol. The Morgan fingerprint density at radius 1 is 1.21 bits per heavy atom. The van der Waals surface area contributed by atoms with E-state index in [1.165, 1.54) is 25.1 Å². The van der Waals surface area contributed by atoms with Gasteiger partial charge in [-0.2, -0.15) is 0 Å². The highest BCUT2D eigenvalue weighted by Gasteiger charge is 2.23. The molecule has 3 nitrogen and oxygen atoms in total. The number of halogens is 2. The minimum absolute atomic E-state index is 0.0271. The van der Waals surface area contributed by atoms with Gasteiger partial charge in [-0.25, -0.2) is 8.78 Å². The molecule has 0 unspecified atom stereocenters. The summed E-state index contributed by atoms with van der Waals surface area (Å²) in [6, 6.07) is 2.21. The molecule has 19 heavy (non-hydrogen) atoms. The summed E-state index contributed by atoms with van der Waals surface area (Å²) in [7, 11) is 3.03. The molecule has 1 aliphatic rings.